The normalized spacial score (nSPS) is 26.6. The van der Waals surface area contributed by atoms with Gasteiger partial charge in [0.05, 0.1) is 12.6 Å². The van der Waals surface area contributed by atoms with Gasteiger partial charge in [-0.25, -0.2) is 4.39 Å². The molecule has 0 aromatic rings. The van der Waals surface area contributed by atoms with E-state index in [9.17, 15) is 22.4 Å². The smallest absolute Gasteiger partial charge is 0.376 e. The topological polar surface area (TPSA) is 52.6 Å². The zero-order valence-corrected chi connectivity index (χ0v) is 11.0. The quantitative estimate of drug-likeness (QED) is 0.740. The largest absolute Gasteiger partial charge is 0.423 e. The van der Waals surface area contributed by atoms with Crippen LogP contribution in [0.2, 0.25) is 0 Å². The lowest BCUT2D eigenvalue weighted by Gasteiger charge is -2.27. The summed E-state index contributed by atoms with van der Waals surface area (Å²) in [5, 5.41) is 11.8. The van der Waals surface area contributed by atoms with Crippen LogP contribution in [-0.4, -0.2) is 59.0 Å². The number of likely N-dealkylation sites (tertiary alicyclic amines) is 1. The van der Waals surface area contributed by atoms with Crippen LogP contribution in [0.25, 0.3) is 0 Å². The summed E-state index contributed by atoms with van der Waals surface area (Å²) < 4.78 is 50.3. The van der Waals surface area contributed by atoms with Gasteiger partial charge in [-0.15, -0.1) is 0 Å². The molecule has 1 heterocycles. The van der Waals surface area contributed by atoms with Crippen molar-refractivity contribution in [3.05, 3.63) is 0 Å². The zero-order valence-electron chi connectivity index (χ0n) is 11.0. The molecule has 0 aromatic carbocycles. The van der Waals surface area contributed by atoms with Gasteiger partial charge in [0.1, 0.15) is 6.17 Å². The molecule has 1 saturated heterocycles. The molecule has 0 unspecified atom stereocenters. The van der Waals surface area contributed by atoms with E-state index in [4.69, 9.17) is 5.11 Å². The molecule has 3 atom stereocenters. The summed E-state index contributed by atoms with van der Waals surface area (Å²) in [6.07, 6.45) is -9.57. The predicted molar refractivity (Wildman–Crippen MR) is 60.2 cm³/mol. The number of amides is 1. The highest BCUT2D eigenvalue weighted by molar-refractivity contribution is 5.82. The van der Waals surface area contributed by atoms with Crippen LogP contribution < -0.4 is 5.32 Å². The van der Waals surface area contributed by atoms with Crippen molar-refractivity contribution in [2.75, 3.05) is 13.1 Å². The molecular formula is C11H18F4N2O2. The van der Waals surface area contributed by atoms with Crippen LogP contribution in [0.3, 0.4) is 0 Å². The summed E-state index contributed by atoms with van der Waals surface area (Å²) >= 11 is 0. The number of halogens is 4. The van der Waals surface area contributed by atoms with Crippen molar-refractivity contribution in [2.45, 2.75) is 50.8 Å². The van der Waals surface area contributed by atoms with Crippen LogP contribution in [0.4, 0.5) is 17.6 Å². The van der Waals surface area contributed by atoms with Gasteiger partial charge in [-0.05, 0) is 20.8 Å². The third-order valence-electron chi connectivity index (χ3n) is 2.72. The molecule has 4 nitrogen and oxygen atoms in total. The predicted octanol–water partition coefficient (Wildman–Crippen LogP) is 0.847. The van der Waals surface area contributed by atoms with Crippen LogP contribution in [0, 0.1) is 0 Å². The van der Waals surface area contributed by atoms with E-state index < -0.39 is 42.5 Å². The van der Waals surface area contributed by atoms with E-state index in [1.54, 1.807) is 20.8 Å². The number of nitrogens with one attached hydrogen (secondary N) is 1. The Balaban J connectivity index is 2.67. The van der Waals surface area contributed by atoms with E-state index in [-0.39, 0.29) is 6.54 Å². The van der Waals surface area contributed by atoms with Crippen LogP contribution in [0.1, 0.15) is 20.8 Å². The second-order valence-electron chi connectivity index (χ2n) is 5.70. The Labute approximate surface area is 108 Å². The van der Waals surface area contributed by atoms with Crippen molar-refractivity contribution in [3.8, 4) is 0 Å². The molecule has 1 aliphatic rings. The Kier molecular flexibility index (Phi) is 4.46. The van der Waals surface area contributed by atoms with Crippen molar-refractivity contribution >= 4 is 5.91 Å². The standard InChI is InChI=1S/C11H18F4N2O2/c1-10(2,3)16-7-5-17(4-6(7)12)9(19)8(18)11(13,14)15/h6-8,16,18H,4-5H2,1-3H3/t6-,7+,8+/m0/s1. The third kappa shape index (κ3) is 4.31. The summed E-state index contributed by atoms with van der Waals surface area (Å²) in [6.45, 7) is 4.72. The van der Waals surface area contributed by atoms with Crippen LogP contribution in [0.15, 0.2) is 0 Å². The Hall–Kier alpha value is -0.890. The molecule has 112 valence electrons. The molecule has 2 N–H and O–H groups in total. The average molecular weight is 286 g/mol. The van der Waals surface area contributed by atoms with Crippen molar-refractivity contribution in [1.82, 2.24) is 10.2 Å². The molecule has 1 aliphatic heterocycles. The van der Waals surface area contributed by atoms with E-state index in [1.165, 1.54) is 0 Å². The molecule has 8 heteroatoms. The lowest BCUT2D eigenvalue weighted by Crippen LogP contribution is -2.49. The minimum atomic E-state index is -5.03. The van der Waals surface area contributed by atoms with Crippen LogP contribution >= 0.6 is 0 Å². The van der Waals surface area contributed by atoms with Gasteiger partial charge >= 0.3 is 6.18 Å². The Bertz CT molecular complexity index is 341. The number of carbonyl (C=O) groups excluding carboxylic acids is 1. The fourth-order valence-electron chi connectivity index (χ4n) is 1.95. The van der Waals surface area contributed by atoms with Gasteiger partial charge < -0.3 is 15.3 Å². The zero-order chi connectivity index (χ0) is 15.0. The number of aliphatic hydroxyl groups excluding tert-OH is 1. The van der Waals surface area contributed by atoms with Crippen molar-refractivity contribution in [2.24, 2.45) is 0 Å². The van der Waals surface area contributed by atoms with E-state index >= 15 is 0 Å². The number of carbonyl (C=O) groups is 1. The van der Waals surface area contributed by atoms with E-state index in [0.717, 1.165) is 0 Å². The van der Waals surface area contributed by atoms with Gasteiger partial charge in [0.2, 0.25) is 6.10 Å². The van der Waals surface area contributed by atoms with E-state index in [0.29, 0.717) is 4.90 Å². The fraction of sp³-hybridized carbons (Fsp3) is 0.909. The summed E-state index contributed by atoms with van der Waals surface area (Å²) in [6, 6.07) is -0.732. The first kappa shape index (κ1) is 16.2. The maximum atomic E-state index is 13.7. The Morgan fingerprint density at radius 1 is 1.32 bits per heavy atom. The van der Waals surface area contributed by atoms with Crippen molar-refractivity contribution < 1.29 is 27.5 Å². The minimum absolute atomic E-state index is 0.190. The molecule has 1 fully saturated rings. The van der Waals surface area contributed by atoms with Crippen molar-refractivity contribution in [3.63, 3.8) is 0 Å². The summed E-state index contributed by atoms with van der Waals surface area (Å²) in [7, 11) is 0. The maximum absolute atomic E-state index is 13.7. The first-order valence-electron chi connectivity index (χ1n) is 5.87. The second kappa shape index (κ2) is 5.24. The second-order valence-corrected chi connectivity index (χ2v) is 5.70. The minimum Gasteiger partial charge on any atom is -0.376 e. The molecular weight excluding hydrogens is 268 g/mol. The van der Waals surface area contributed by atoms with Gasteiger partial charge in [-0.3, -0.25) is 4.79 Å². The highest BCUT2D eigenvalue weighted by Gasteiger charge is 2.48. The molecule has 0 spiro atoms. The lowest BCUT2D eigenvalue weighted by atomic mass is 10.1. The Morgan fingerprint density at radius 3 is 2.26 bits per heavy atom. The number of alkyl halides is 4. The molecule has 0 aromatic heterocycles. The molecule has 0 aliphatic carbocycles. The summed E-state index contributed by atoms with van der Waals surface area (Å²) in [5.74, 6) is -1.51. The van der Waals surface area contributed by atoms with Crippen LogP contribution in [0.5, 0.6) is 0 Å². The monoisotopic (exact) mass is 286 g/mol. The number of aliphatic hydroxyl groups is 1. The Morgan fingerprint density at radius 2 is 1.84 bits per heavy atom. The lowest BCUT2D eigenvalue weighted by molar-refractivity contribution is -0.210. The average Bonchev–Trinajstić information content (AvgIpc) is 2.54. The van der Waals surface area contributed by atoms with E-state index in [1.807, 2.05) is 0 Å². The fourth-order valence-corrected chi connectivity index (χ4v) is 1.95. The third-order valence-corrected chi connectivity index (χ3v) is 2.72. The number of hydrogen-bond acceptors (Lipinski definition) is 3. The van der Waals surface area contributed by atoms with E-state index in [2.05, 4.69) is 5.32 Å². The summed E-state index contributed by atoms with van der Waals surface area (Å²) in [5.41, 5.74) is -0.420. The molecule has 1 rings (SSSR count). The van der Waals surface area contributed by atoms with Gasteiger partial charge in [0.15, 0.2) is 0 Å². The van der Waals surface area contributed by atoms with Crippen LogP contribution in [-0.2, 0) is 4.79 Å². The maximum Gasteiger partial charge on any atom is 0.423 e. The van der Waals surface area contributed by atoms with Crippen molar-refractivity contribution in [1.29, 1.82) is 0 Å². The summed E-state index contributed by atoms with van der Waals surface area (Å²) in [4.78, 5) is 12.1. The SMILES string of the molecule is CC(C)(C)N[C@@H]1CN(C(=O)[C@@H](O)C(F)(F)F)C[C@@H]1F. The molecule has 0 saturated carbocycles. The van der Waals surface area contributed by atoms with Gasteiger partial charge in [-0.2, -0.15) is 13.2 Å². The molecule has 19 heavy (non-hydrogen) atoms. The molecule has 0 bridgehead atoms. The highest BCUT2D eigenvalue weighted by atomic mass is 19.4. The molecule has 0 radical (unpaired) electrons. The van der Waals surface area contributed by atoms with Gasteiger partial charge in [0.25, 0.3) is 5.91 Å². The van der Waals surface area contributed by atoms with Gasteiger partial charge in [0, 0.05) is 12.1 Å². The number of rotatable bonds is 2. The van der Waals surface area contributed by atoms with Gasteiger partial charge in [-0.1, -0.05) is 0 Å². The highest BCUT2D eigenvalue weighted by Crippen LogP contribution is 2.24. The first-order valence-corrected chi connectivity index (χ1v) is 5.87. The molecule has 1 amide bonds. The number of nitrogens with zero attached hydrogens (tertiary/aromatic N) is 1. The first-order chi connectivity index (χ1) is 8.42. The number of hydrogen-bond donors (Lipinski definition) is 2.